The van der Waals surface area contributed by atoms with Crippen molar-refractivity contribution in [1.82, 2.24) is 19.7 Å². The molecule has 4 rings (SSSR count). The summed E-state index contributed by atoms with van der Waals surface area (Å²) in [7, 11) is 0. The minimum Gasteiger partial charge on any atom is -0.492 e. The van der Waals surface area contributed by atoms with Gasteiger partial charge in [0.25, 0.3) is 5.91 Å². The summed E-state index contributed by atoms with van der Waals surface area (Å²) < 4.78 is 14.0. The van der Waals surface area contributed by atoms with Crippen LogP contribution in [-0.4, -0.2) is 71.6 Å². The first-order chi connectivity index (χ1) is 15.5. The Morgan fingerprint density at radius 1 is 1.31 bits per heavy atom. The van der Waals surface area contributed by atoms with Crippen LogP contribution in [0.1, 0.15) is 43.0 Å². The molecule has 172 valence electrons. The molecule has 32 heavy (non-hydrogen) atoms. The maximum absolute atomic E-state index is 13.8. The lowest BCUT2D eigenvalue weighted by atomic mass is 10.3. The van der Waals surface area contributed by atoms with Crippen molar-refractivity contribution in [3.63, 3.8) is 0 Å². The first-order valence-electron chi connectivity index (χ1n) is 11.2. The molecule has 3 heterocycles. The van der Waals surface area contributed by atoms with E-state index in [1.165, 1.54) is 11.3 Å². The summed E-state index contributed by atoms with van der Waals surface area (Å²) in [4.78, 5) is 22.8. The molecule has 9 heteroatoms. The number of benzene rings is 1. The zero-order valence-electron chi connectivity index (χ0n) is 19.2. The van der Waals surface area contributed by atoms with Gasteiger partial charge in [-0.25, -0.2) is 4.98 Å². The smallest absolute Gasteiger partial charge is 0.278 e. The molecule has 1 aliphatic rings. The summed E-state index contributed by atoms with van der Waals surface area (Å²) in [6, 6.07) is 7.86. The average molecular weight is 458 g/mol. The molecule has 0 aliphatic carbocycles. The number of para-hydroxylation sites is 1. The lowest BCUT2D eigenvalue weighted by Crippen LogP contribution is -2.43. The van der Waals surface area contributed by atoms with E-state index in [1.54, 1.807) is 9.58 Å². The van der Waals surface area contributed by atoms with Crippen LogP contribution in [0.25, 0.3) is 10.2 Å². The molecule has 2 aromatic heterocycles. The first-order valence-corrected chi connectivity index (χ1v) is 12.0. The van der Waals surface area contributed by atoms with Gasteiger partial charge in [-0.15, -0.1) is 0 Å². The predicted molar refractivity (Wildman–Crippen MR) is 127 cm³/mol. The van der Waals surface area contributed by atoms with Crippen molar-refractivity contribution in [2.45, 2.75) is 33.7 Å². The second-order valence-corrected chi connectivity index (χ2v) is 9.16. The van der Waals surface area contributed by atoms with E-state index >= 15 is 0 Å². The molecule has 1 saturated heterocycles. The third-order valence-corrected chi connectivity index (χ3v) is 6.50. The van der Waals surface area contributed by atoms with Gasteiger partial charge in [0.05, 0.1) is 30.2 Å². The van der Waals surface area contributed by atoms with E-state index in [2.05, 4.69) is 10.00 Å². The highest BCUT2D eigenvalue weighted by molar-refractivity contribution is 7.22. The summed E-state index contributed by atoms with van der Waals surface area (Å²) >= 11 is 1.52. The van der Waals surface area contributed by atoms with Crippen LogP contribution in [0.2, 0.25) is 0 Å². The number of hydrogen-bond acceptors (Lipinski definition) is 7. The highest BCUT2D eigenvalue weighted by Crippen LogP contribution is 2.35. The Hall–Kier alpha value is -2.49. The number of morpholine rings is 1. The summed E-state index contributed by atoms with van der Waals surface area (Å²) in [6.07, 6.45) is 0. The zero-order valence-corrected chi connectivity index (χ0v) is 20.0. The van der Waals surface area contributed by atoms with Crippen molar-refractivity contribution in [2.24, 2.45) is 0 Å². The van der Waals surface area contributed by atoms with E-state index < -0.39 is 0 Å². The number of carbonyl (C=O) groups is 1. The van der Waals surface area contributed by atoms with E-state index in [0.717, 1.165) is 54.5 Å². The number of thiazole rings is 1. The number of amides is 1. The fourth-order valence-corrected chi connectivity index (χ4v) is 4.87. The maximum atomic E-state index is 13.8. The molecule has 0 atom stereocenters. The minimum absolute atomic E-state index is 0.0791. The Kier molecular flexibility index (Phi) is 7.07. The quantitative estimate of drug-likeness (QED) is 0.513. The molecule has 0 spiro atoms. The normalized spacial score (nSPS) is 14.9. The van der Waals surface area contributed by atoms with Gasteiger partial charge in [0.15, 0.2) is 5.13 Å². The molecule has 0 bridgehead atoms. The van der Waals surface area contributed by atoms with Gasteiger partial charge in [-0.2, -0.15) is 5.10 Å². The second-order valence-electron chi connectivity index (χ2n) is 8.15. The Labute approximate surface area is 192 Å². The molecule has 0 N–H and O–H groups in total. The SMILES string of the molecule is CCOc1cccc2sc(N(CCN3CCOCC3)C(=O)c3cc(C)nn3C(C)C)nc12. The largest absolute Gasteiger partial charge is 0.492 e. The van der Waals surface area contributed by atoms with Crippen LogP contribution in [-0.2, 0) is 4.74 Å². The highest BCUT2D eigenvalue weighted by Gasteiger charge is 2.27. The van der Waals surface area contributed by atoms with Crippen molar-refractivity contribution in [3.05, 3.63) is 35.7 Å². The Morgan fingerprint density at radius 3 is 2.81 bits per heavy atom. The maximum Gasteiger partial charge on any atom is 0.278 e. The van der Waals surface area contributed by atoms with Crippen molar-refractivity contribution in [1.29, 1.82) is 0 Å². The monoisotopic (exact) mass is 457 g/mol. The number of ether oxygens (including phenoxy) is 2. The fourth-order valence-electron chi connectivity index (χ4n) is 3.86. The van der Waals surface area contributed by atoms with Crippen LogP contribution in [0.3, 0.4) is 0 Å². The molecule has 3 aromatic rings. The van der Waals surface area contributed by atoms with Crippen LogP contribution in [0.4, 0.5) is 5.13 Å². The van der Waals surface area contributed by atoms with Crippen LogP contribution in [0, 0.1) is 6.92 Å². The highest BCUT2D eigenvalue weighted by atomic mass is 32.1. The first kappa shape index (κ1) is 22.7. The van der Waals surface area contributed by atoms with E-state index in [0.29, 0.717) is 24.0 Å². The summed E-state index contributed by atoms with van der Waals surface area (Å²) in [6.45, 7) is 13.0. The average Bonchev–Trinajstić information content (AvgIpc) is 3.39. The summed E-state index contributed by atoms with van der Waals surface area (Å²) in [5.74, 6) is 0.667. The van der Waals surface area contributed by atoms with Crippen molar-refractivity contribution in [3.8, 4) is 5.75 Å². The number of nitrogens with zero attached hydrogens (tertiary/aromatic N) is 5. The predicted octanol–water partition coefficient (Wildman–Crippen LogP) is 3.76. The molecule has 8 nitrogen and oxygen atoms in total. The van der Waals surface area contributed by atoms with Gasteiger partial charge < -0.3 is 9.47 Å². The van der Waals surface area contributed by atoms with Gasteiger partial charge in [0.2, 0.25) is 0 Å². The van der Waals surface area contributed by atoms with E-state index in [-0.39, 0.29) is 11.9 Å². The molecule has 1 aromatic carbocycles. The molecule has 1 amide bonds. The third kappa shape index (κ3) is 4.79. The number of hydrogen-bond donors (Lipinski definition) is 0. The number of fused-ring (bicyclic) bond motifs is 1. The molecule has 1 aliphatic heterocycles. The van der Waals surface area contributed by atoms with Gasteiger partial charge in [0.1, 0.15) is 17.0 Å². The van der Waals surface area contributed by atoms with Crippen molar-refractivity contribution in [2.75, 3.05) is 50.9 Å². The number of rotatable bonds is 8. The lowest BCUT2D eigenvalue weighted by molar-refractivity contribution is 0.0391. The molecule has 0 radical (unpaired) electrons. The van der Waals surface area contributed by atoms with Crippen molar-refractivity contribution >= 4 is 32.6 Å². The number of aromatic nitrogens is 3. The molecule has 1 fully saturated rings. The topological polar surface area (TPSA) is 72.7 Å². The van der Waals surface area contributed by atoms with Crippen LogP contribution >= 0.6 is 11.3 Å². The molecule has 0 saturated carbocycles. The Bertz CT molecular complexity index is 1070. The van der Waals surface area contributed by atoms with Gasteiger partial charge in [-0.05, 0) is 45.9 Å². The summed E-state index contributed by atoms with van der Waals surface area (Å²) in [5.41, 5.74) is 2.22. The van der Waals surface area contributed by atoms with E-state index in [9.17, 15) is 4.79 Å². The van der Waals surface area contributed by atoms with Crippen LogP contribution < -0.4 is 9.64 Å². The van der Waals surface area contributed by atoms with Gasteiger partial charge in [0, 0.05) is 32.2 Å². The fraction of sp³-hybridized carbons (Fsp3) is 0.522. The van der Waals surface area contributed by atoms with Gasteiger partial charge in [-0.3, -0.25) is 19.3 Å². The lowest BCUT2D eigenvalue weighted by Gasteiger charge is -2.29. The molecular weight excluding hydrogens is 426 g/mol. The van der Waals surface area contributed by atoms with E-state index in [1.807, 2.05) is 52.0 Å². The summed E-state index contributed by atoms with van der Waals surface area (Å²) in [5, 5.41) is 5.22. The minimum atomic E-state index is -0.0791. The zero-order chi connectivity index (χ0) is 22.7. The van der Waals surface area contributed by atoms with Gasteiger partial charge in [-0.1, -0.05) is 17.4 Å². The Morgan fingerprint density at radius 2 is 2.09 bits per heavy atom. The molecule has 0 unspecified atom stereocenters. The molecular formula is C23H31N5O3S. The van der Waals surface area contributed by atoms with E-state index in [4.69, 9.17) is 14.5 Å². The number of anilines is 1. The Balaban J connectivity index is 1.70. The number of carbonyl (C=O) groups excluding carboxylic acids is 1. The standard InChI is InChI=1S/C23H31N5O3S/c1-5-31-19-7-6-8-20-21(19)24-23(32-20)27(10-9-26-11-13-30-14-12-26)22(29)18-15-17(4)25-28(18)16(2)3/h6-8,15-16H,5,9-14H2,1-4H3. The number of aryl methyl sites for hydroxylation is 1. The second kappa shape index (κ2) is 9.97. The van der Waals surface area contributed by atoms with Crippen LogP contribution in [0.5, 0.6) is 5.75 Å². The van der Waals surface area contributed by atoms with Crippen molar-refractivity contribution < 1.29 is 14.3 Å². The third-order valence-electron chi connectivity index (χ3n) is 5.46. The van der Waals surface area contributed by atoms with Gasteiger partial charge >= 0.3 is 0 Å². The van der Waals surface area contributed by atoms with Crippen LogP contribution in [0.15, 0.2) is 24.3 Å².